The van der Waals surface area contributed by atoms with Crippen molar-refractivity contribution in [3.63, 3.8) is 0 Å². The first-order valence-corrected chi connectivity index (χ1v) is 47.5. The van der Waals surface area contributed by atoms with Gasteiger partial charge in [0.25, 0.3) is 0 Å². The smallest absolute Gasteiger partial charge is 0.407 e. The van der Waals surface area contributed by atoms with Gasteiger partial charge in [-0.2, -0.15) is 0 Å². The van der Waals surface area contributed by atoms with Crippen LogP contribution >= 0.6 is 0 Å². The number of amides is 18. The summed E-state index contributed by atoms with van der Waals surface area (Å²) in [5.74, 6) is -14.6. The second-order valence-corrected chi connectivity index (χ2v) is 39.6. The number of ketones is 1. The number of alkyl carbamates (subject to hydrolysis) is 5. The Bertz CT molecular complexity index is 4140. The highest BCUT2D eigenvalue weighted by Crippen LogP contribution is 2.18. The zero-order valence-electron chi connectivity index (χ0n) is 84.6. The van der Waals surface area contributed by atoms with Gasteiger partial charge in [0.1, 0.15) is 94.5 Å². The standard InChI is InChI=1S/C93H159N19O26/c1-23-25-27-32-36-59(55(5)113)101-69(116)52-94-53-70(117)102-60(37-33-28-26-24-2)73(118)105-66(43-49-100-88(133)138-93(20,21)22)79(124)112-72(57(7)115)83(128)108-64(41-47-98-86(131)136-91(14,15)16)76(121)103-61-38-44-95-82(127)71(56(6)114)111-78(123)65(42-48-99-87(132)137-92(17,18)19)106-75(120)62(39-45-96-84(129)134-89(8,9)10)107-80(125)67(50-54(3)4)109-81(126)68(51-58-34-30-29-31-35-58)110-77(122)63(104-74(61)119)40-46-97-85(130)135-90(11,12)13/h29-31,34-35,54,56-57,59-68,71-72,94,114-115H,23-28,32-33,36-53H2,1-22H3,(H,95,127)(H,96,129)(H,97,130)(H,98,131)(H,99,132)(H,100,133)(H,101,116)(H,102,117)(H,103,121)(H,104,119)(H,105,118)(H,106,120)(H,107,125)(H,108,128)(H,109,126)(H,110,122)(H,111,123)(H,112,124)/t56-,57-,59+,60+,61+,62+,63+,64+,65+,66+,67+,68-,71+,72+/m1/s1. The van der Waals surface area contributed by atoms with Crippen molar-refractivity contribution < 1.29 is 125 Å². The molecule has 1 aliphatic heterocycles. The zero-order valence-corrected chi connectivity index (χ0v) is 84.6. The third-order valence-corrected chi connectivity index (χ3v) is 20.2. The number of carbonyl (C=O) groups is 19. The van der Waals surface area contributed by atoms with Gasteiger partial charge in [0.05, 0.1) is 31.3 Å². The minimum atomic E-state index is -2.09. The molecule has 0 aliphatic carbocycles. The quantitative estimate of drug-likeness (QED) is 0.0328. The summed E-state index contributed by atoms with van der Waals surface area (Å²) >= 11 is 0. The third kappa shape index (κ3) is 53.8. The van der Waals surface area contributed by atoms with Gasteiger partial charge in [0.15, 0.2) is 5.78 Å². The van der Waals surface area contributed by atoms with Crippen LogP contribution in [0.5, 0.6) is 0 Å². The number of nitrogens with one attached hydrogen (secondary N) is 19. The minimum Gasteiger partial charge on any atom is -0.444 e. The van der Waals surface area contributed by atoms with E-state index in [2.05, 4.69) is 101 Å². The number of ether oxygens (including phenoxy) is 5. The van der Waals surface area contributed by atoms with E-state index in [1.165, 1.54) is 6.92 Å². The number of hydrogen-bond acceptors (Lipinski definition) is 27. The molecule has 45 heteroatoms. The van der Waals surface area contributed by atoms with Crippen LogP contribution in [0.4, 0.5) is 24.0 Å². The summed E-state index contributed by atoms with van der Waals surface area (Å²) in [4.78, 5) is 271. The zero-order chi connectivity index (χ0) is 105. The topological polar surface area (TPSA) is 640 Å². The van der Waals surface area contributed by atoms with Gasteiger partial charge in [-0.05, 0) is 194 Å². The van der Waals surface area contributed by atoms with Crippen molar-refractivity contribution in [1.29, 1.82) is 0 Å². The highest BCUT2D eigenvalue weighted by atomic mass is 16.6. The van der Waals surface area contributed by atoms with E-state index in [1.54, 1.807) is 148 Å². The van der Waals surface area contributed by atoms with Crippen molar-refractivity contribution in [3.05, 3.63) is 35.9 Å². The molecule has 1 saturated heterocycles. The lowest BCUT2D eigenvalue weighted by Gasteiger charge is -2.29. The summed E-state index contributed by atoms with van der Waals surface area (Å²) in [5, 5.41) is 71.4. The molecule has 45 nitrogen and oxygen atoms in total. The van der Waals surface area contributed by atoms with Crippen LogP contribution < -0.4 is 101 Å². The van der Waals surface area contributed by atoms with Crippen molar-refractivity contribution >= 4 is 113 Å². The van der Waals surface area contributed by atoms with E-state index in [-0.39, 0.29) is 38.1 Å². The number of Topliss-reactive ketones (excluding diaryl/α,β-unsaturated/α-hetero) is 1. The predicted molar refractivity (Wildman–Crippen MR) is 509 cm³/mol. The van der Waals surface area contributed by atoms with Crippen LogP contribution in [0.2, 0.25) is 0 Å². The first-order valence-electron chi connectivity index (χ1n) is 47.5. The summed E-state index contributed by atoms with van der Waals surface area (Å²) in [6.45, 7) is 30.8. The van der Waals surface area contributed by atoms with E-state index >= 15 is 24.0 Å². The number of rotatable bonds is 46. The molecule has 1 fully saturated rings. The second kappa shape index (κ2) is 60.8. The van der Waals surface area contributed by atoms with Crippen LogP contribution in [0.15, 0.2) is 30.3 Å². The van der Waals surface area contributed by atoms with Crippen LogP contribution in [-0.4, -0.2) is 288 Å². The molecular weight excluding hydrogens is 1800 g/mol. The number of carbonyl (C=O) groups excluding carboxylic acids is 19. The van der Waals surface area contributed by atoms with Gasteiger partial charge in [0, 0.05) is 45.7 Å². The monoisotopic (exact) mass is 1960 g/mol. The van der Waals surface area contributed by atoms with Crippen molar-refractivity contribution in [1.82, 2.24) is 101 Å². The van der Waals surface area contributed by atoms with Gasteiger partial charge in [-0.25, -0.2) is 24.0 Å². The van der Waals surface area contributed by atoms with Crippen molar-refractivity contribution in [2.45, 2.75) is 381 Å². The Morgan fingerprint density at radius 1 is 0.399 bits per heavy atom. The largest absolute Gasteiger partial charge is 0.444 e. The highest BCUT2D eigenvalue weighted by molar-refractivity contribution is 6.00. The fourth-order valence-electron chi connectivity index (χ4n) is 13.5. The first kappa shape index (κ1) is 122. The summed E-state index contributed by atoms with van der Waals surface area (Å²) in [6.07, 6.45) is -5.87. The molecule has 1 aliphatic rings. The van der Waals surface area contributed by atoms with Gasteiger partial charge >= 0.3 is 30.5 Å². The lowest BCUT2D eigenvalue weighted by Crippen LogP contribution is -2.62. The summed E-state index contributed by atoms with van der Waals surface area (Å²) in [5.41, 5.74) is -4.73. The van der Waals surface area contributed by atoms with Gasteiger partial charge in [-0.1, -0.05) is 109 Å². The fraction of sp³-hybridized carbons (Fsp3) is 0.731. The molecule has 1 aromatic rings. The maximum Gasteiger partial charge on any atom is 0.407 e. The Labute approximate surface area is 810 Å². The molecule has 2 rings (SSSR count). The number of aliphatic hydroxyl groups excluding tert-OH is 2. The molecule has 14 atom stereocenters. The van der Waals surface area contributed by atoms with E-state index in [0.717, 1.165) is 46.0 Å². The van der Waals surface area contributed by atoms with Crippen molar-refractivity contribution in [3.8, 4) is 0 Å². The molecule has 782 valence electrons. The fourth-order valence-corrected chi connectivity index (χ4v) is 13.5. The van der Waals surface area contributed by atoms with Crippen LogP contribution in [0.3, 0.4) is 0 Å². The Morgan fingerprint density at radius 3 is 1.16 bits per heavy atom. The van der Waals surface area contributed by atoms with Crippen LogP contribution in [-0.2, 0) is 97.2 Å². The predicted octanol–water partition coefficient (Wildman–Crippen LogP) is 2.07. The molecule has 0 unspecified atom stereocenters. The molecular formula is C93H159N19O26. The summed E-state index contributed by atoms with van der Waals surface area (Å²) < 4.78 is 27.1. The summed E-state index contributed by atoms with van der Waals surface area (Å²) in [6, 6.07) is -12.3. The number of hydrogen-bond donors (Lipinski definition) is 21. The lowest BCUT2D eigenvalue weighted by atomic mass is 10.00. The Morgan fingerprint density at radius 2 is 0.754 bits per heavy atom. The third-order valence-electron chi connectivity index (χ3n) is 20.2. The molecule has 1 aromatic carbocycles. The molecule has 0 bridgehead atoms. The molecule has 0 saturated carbocycles. The molecule has 18 amide bonds. The van der Waals surface area contributed by atoms with E-state index < -0.39 is 304 Å². The SMILES string of the molecule is CCCCCC[C@H](NC(=O)CNCC(=O)N[C@@H](CCCCCC)C(=O)N[C@@H](CCNC(=O)OC(C)(C)C)C(=O)N[C@H](C(=O)N[C@@H](CCNC(=O)OC(C)(C)C)C(=O)N[C@H]1CCNC(=O)[C@H]([C@@H](C)O)NC(=O)[C@H](CCNC(=O)OC(C)(C)C)NC(=O)[C@H](CCNC(=O)OC(C)(C)C)NC(=O)[C@H](CC(C)C)NC(=O)[C@@H](Cc2ccccc2)NC(=O)[C@H](CCNC(=O)OC(C)(C)C)NC1=O)[C@@H](C)O)C(C)=O. The molecule has 21 N–H and O–H groups in total. The van der Waals surface area contributed by atoms with Crippen molar-refractivity contribution in [2.24, 2.45) is 5.92 Å². The Balaban J connectivity index is 3.12. The highest BCUT2D eigenvalue weighted by Gasteiger charge is 2.40. The minimum absolute atomic E-state index is 0.0140. The average Bonchev–Trinajstić information content (AvgIpc) is 1.03. The first-order chi connectivity index (χ1) is 64.2. The van der Waals surface area contributed by atoms with E-state index in [9.17, 15) is 77.3 Å². The normalized spacial score (nSPS) is 19.0. The molecule has 138 heavy (non-hydrogen) atoms. The Kier molecular flexibility index (Phi) is 53.9. The molecule has 1 heterocycles. The van der Waals surface area contributed by atoms with Crippen molar-refractivity contribution in [2.75, 3.05) is 52.4 Å². The van der Waals surface area contributed by atoms with Gasteiger partial charge < -0.3 is 130 Å². The molecule has 0 spiro atoms. The number of benzene rings is 1. The van der Waals surface area contributed by atoms with Gasteiger partial charge in [0.2, 0.25) is 76.8 Å². The number of aliphatic hydroxyl groups is 2. The van der Waals surface area contributed by atoms with E-state index in [0.29, 0.717) is 31.2 Å². The van der Waals surface area contributed by atoms with Crippen LogP contribution in [0, 0.1) is 5.92 Å². The number of unbranched alkanes of at least 4 members (excludes halogenated alkanes) is 6. The Hall–Kier alpha value is -11.8. The van der Waals surface area contributed by atoms with E-state index in [1.807, 2.05) is 13.8 Å². The summed E-state index contributed by atoms with van der Waals surface area (Å²) in [7, 11) is 0. The molecule has 0 radical (unpaired) electrons. The maximum atomic E-state index is 15.6. The van der Waals surface area contributed by atoms with Crippen LogP contribution in [0.1, 0.15) is 267 Å². The average molecular weight is 1960 g/mol. The van der Waals surface area contributed by atoms with Gasteiger partial charge in [-0.3, -0.25) is 72.4 Å². The molecule has 0 aromatic heterocycles. The second-order valence-electron chi connectivity index (χ2n) is 39.6. The maximum absolute atomic E-state index is 15.6. The van der Waals surface area contributed by atoms with Gasteiger partial charge in [-0.15, -0.1) is 0 Å². The lowest BCUT2D eigenvalue weighted by molar-refractivity contribution is -0.137. The van der Waals surface area contributed by atoms with Crippen LogP contribution in [0.25, 0.3) is 0 Å². The van der Waals surface area contributed by atoms with E-state index in [4.69, 9.17) is 23.7 Å².